The maximum Gasteiger partial charge on any atom is 0.374 e. The van der Waals surface area contributed by atoms with Gasteiger partial charge in [0, 0.05) is 4.47 Å². The van der Waals surface area contributed by atoms with Crippen LogP contribution in [-0.2, 0) is 0 Å². The smallest absolute Gasteiger partial charge is 0.374 e. The van der Waals surface area contributed by atoms with Gasteiger partial charge in [-0.2, -0.15) is 0 Å². The molecule has 0 saturated carbocycles. The molecule has 1 N–H and O–H groups in total. The number of alkyl halides is 2. The molecule has 0 unspecified atom stereocenters. The number of benzene rings is 1. The van der Waals surface area contributed by atoms with Gasteiger partial charge in [-0.15, -0.1) is 0 Å². The molecular formula is C11H6BrF2NO3. The van der Waals surface area contributed by atoms with E-state index in [1.165, 1.54) is 0 Å². The van der Waals surface area contributed by atoms with Gasteiger partial charge in [0.25, 0.3) is 6.43 Å². The minimum Gasteiger partial charge on any atom is -0.475 e. The average molecular weight is 318 g/mol. The number of carboxylic acid groups (broad SMARTS) is 1. The van der Waals surface area contributed by atoms with Gasteiger partial charge in [-0.05, 0) is 28.1 Å². The lowest BCUT2D eigenvalue weighted by Crippen LogP contribution is -1.99. The molecule has 0 bridgehead atoms. The summed E-state index contributed by atoms with van der Waals surface area (Å²) in [6.45, 7) is 0. The zero-order chi connectivity index (χ0) is 13.3. The number of aromatic carboxylic acids is 1. The Labute approximate surface area is 108 Å². The van der Waals surface area contributed by atoms with Crippen LogP contribution >= 0.6 is 15.9 Å². The van der Waals surface area contributed by atoms with Crippen molar-refractivity contribution >= 4 is 21.9 Å². The van der Waals surface area contributed by atoms with Crippen LogP contribution in [0.15, 0.2) is 33.2 Å². The van der Waals surface area contributed by atoms with Crippen LogP contribution in [0.2, 0.25) is 0 Å². The molecule has 0 fully saturated rings. The molecule has 1 aromatic carbocycles. The molecule has 0 amide bonds. The maximum atomic E-state index is 12.6. The van der Waals surface area contributed by atoms with Gasteiger partial charge in [0.1, 0.15) is 0 Å². The van der Waals surface area contributed by atoms with E-state index in [9.17, 15) is 13.6 Å². The van der Waals surface area contributed by atoms with E-state index in [0.717, 1.165) is 0 Å². The van der Waals surface area contributed by atoms with Gasteiger partial charge in [0.05, 0.1) is 5.56 Å². The van der Waals surface area contributed by atoms with Gasteiger partial charge in [-0.25, -0.2) is 18.6 Å². The predicted molar refractivity (Wildman–Crippen MR) is 61.6 cm³/mol. The highest BCUT2D eigenvalue weighted by molar-refractivity contribution is 9.10. The molecule has 0 aliphatic carbocycles. The summed E-state index contributed by atoms with van der Waals surface area (Å²) in [5.41, 5.74) is -0.458. The number of nitrogens with zero attached hydrogens (tertiary/aromatic N) is 1. The Balaban J connectivity index is 2.57. The molecular weight excluding hydrogens is 312 g/mol. The third-order valence-corrected chi connectivity index (χ3v) is 2.85. The largest absolute Gasteiger partial charge is 0.475 e. The van der Waals surface area contributed by atoms with Gasteiger partial charge in [0.15, 0.2) is 5.69 Å². The topological polar surface area (TPSA) is 63.3 Å². The third kappa shape index (κ3) is 2.26. The molecule has 1 heterocycles. The molecule has 18 heavy (non-hydrogen) atoms. The minimum atomic E-state index is -3.00. The predicted octanol–water partition coefficient (Wildman–Crippen LogP) is 3.74. The molecule has 0 atom stereocenters. The molecule has 2 aromatic rings. The van der Waals surface area contributed by atoms with E-state index in [2.05, 4.69) is 20.9 Å². The summed E-state index contributed by atoms with van der Waals surface area (Å²) in [4.78, 5) is 14.3. The lowest BCUT2D eigenvalue weighted by atomic mass is 10.2. The molecule has 2 rings (SSSR count). The van der Waals surface area contributed by atoms with E-state index in [4.69, 9.17) is 9.52 Å². The molecule has 4 nitrogen and oxygen atoms in total. The van der Waals surface area contributed by atoms with Crippen molar-refractivity contribution < 1.29 is 23.1 Å². The molecule has 1 aromatic heterocycles. The molecule has 0 spiro atoms. The van der Waals surface area contributed by atoms with E-state index in [1.807, 2.05) is 0 Å². The zero-order valence-corrected chi connectivity index (χ0v) is 10.3. The van der Waals surface area contributed by atoms with E-state index in [1.54, 1.807) is 24.3 Å². The molecule has 94 valence electrons. The van der Waals surface area contributed by atoms with Crippen molar-refractivity contribution in [1.29, 1.82) is 0 Å². The monoisotopic (exact) mass is 317 g/mol. The third-order valence-electron chi connectivity index (χ3n) is 2.16. The Morgan fingerprint density at radius 1 is 1.39 bits per heavy atom. The number of oxazole rings is 1. The summed E-state index contributed by atoms with van der Waals surface area (Å²) in [5, 5.41) is 8.77. The number of hydrogen-bond acceptors (Lipinski definition) is 3. The first-order valence-electron chi connectivity index (χ1n) is 4.77. The van der Waals surface area contributed by atoms with Crippen molar-refractivity contribution in [2.24, 2.45) is 0 Å². The Hall–Kier alpha value is -1.76. The molecule has 0 radical (unpaired) electrons. The van der Waals surface area contributed by atoms with Crippen LogP contribution in [0.1, 0.15) is 22.7 Å². The normalized spacial score (nSPS) is 10.9. The van der Waals surface area contributed by atoms with Crippen LogP contribution in [0.3, 0.4) is 0 Å². The van der Waals surface area contributed by atoms with Crippen LogP contribution in [0.5, 0.6) is 0 Å². The lowest BCUT2D eigenvalue weighted by molar-refractivity contribution is 0.0647. The second-order valence-corrected chi connectivity index (χ2v) is 4.17. The SMILES string of the molecule is O=C(O)c1oc(-c2ccccc2Br)nc1C(F)F. The summed E-state index contributed by atoms with van der Waals surface area (Å²) in [6.07, 6.45) is -3.00. The maximum absolute atomic E-state index is 12.6. The highest BCUT2D eigenvalue weighted by Crippen LogP contribution is 2.32. The number of rotatable bonds is 3. The quantitative estimate of drug-likeness (QED) is 0.936. The number of hydrogen-bond donors (Lipinski definition) is 1. The summed E-state index contributed by atoms with van der Waals surface area (Å²) in [6, 6.07) is 6.63. The van der Waals surface area contributed by atoms with Gasteiger partial charge in [-0.3, -0.25) is 0 Å². The Kier molecular flexibility index (Phi) is 3.42. The standard InChI is InChI=1S/C11H6BrF2NO3/c12-6-4-2-1-3-5(6)10-15-7(9(13)14)8(18-10)11(16)17/h1-4,9H,(H,16,17). The molecule has 0 saturated heterocycles. The minimum absolute atomic E-state index is 0.157. The fraction of sp³-hybridized carbons (Fsp3) is 0.0909. The number of halogens is 3. The number of carboxylic acids is 1. The van der Waals surface area contributed by atoms with Crippen molar-refractivity contribution in [3.05, 3.63) is 40.2 Å². The Bertz CT molecular complexity index is 598. The van der Waals surface area contributed by atoms with E-state index in [0.29, 0.717) is 10.0 Å². The van der Waals surface area contributed by atoms with Crippen LogP contribution < -0.4 is 0 Å². The van der Waals surface area contributed by atoms with Gasteiger partial charge < -0.3 is 9.52 Å². The summed E-state index contributed by atoms with van der Waals surface area (Å²) >= 11 is 3.21. The fourth-order valence-electron chi connectivity index (χ4n) is 1.38. The number of aromatic nitrogens is 1. The van der Waals surface area contributed by atoms with Crippen molar-refractivity contribution in [1.82, 2.24) is 4.98 Å². The zero-order valence-electron chi connectivity index (χ0n) is 8.73. The van der Waals surface area contributed by atoms with E-state index < -0.39 is 23.8 Å². The van der Waals surface area contributed by atoms with Crippen LogP contribution in [0.4, 0.5) is 8.78 Å². The summed E-state index contributed by atoms with van der Waals surface area (Å²) < 4.78 is 30.7. The molecule has 0 aliphatic rings. The Morgan fingerprint density at radius 3 is 2.56 bits per heavy atom. The first kappa shape index (κ1) is 12.7. The fourth-order valence-corrected chi connectivity index (χ4v) is 1.84. The second kappa shape index (κ2) is 4.85. The van der Waals surface area contributed by atoms with Crippen molar-refractivity contribution in [2.45, 2.75) is 6.43 Å². The van der Waals surface area contributed by atoms with Gasteiger partial charge >= 0.3 is 5.97 Å². The summed E-state index contributed by atoms with van der Waals surface area (Å²) in [5.74, 6) is -2.57. The average Bonchev–Trinajstić information content (AvgIpc) is 2.74. The summed E-state index contributed by atoms with van der Waals surface area (Å²) in [7, 11) is 0. The first-order valence-corrected chi connectivity index (χ1v) is 5.57. The Morgan fingerprint density at radius 2 is 2.06 bits per heavy atom. The highest BCUT2D eigenvalue weighted by Gasteiger charge is 2.27. The first-order chi connectivity index (χ1) is 8.50. The van der Waals surface area contributed by atoms with E-state index >= 15 is 0 Å². The molecule has 0 aliphatic heterocycles. The molecule has 7 heteroatoms. The van der Waals surface area contributed by atoms with Crippen molar-refractivity contribution in [2.75, 3.05) is 0 Å². The number of carbonyl (C=O) groups is 1. The van der Waals surface area contributed by atoms with Crippen molar-refractivity contribution in [3.8, 4) is 11.5 Å². The van der Waals surface area contributed by atoms with Gasteiger partial charge in [0.2, 0.25) is 11.7 Å². The second-order valence-electron chi connectivity index (χ2n) is 3.32. The van der Waals surface area contributed by atoms with E-state index in [-0.39, 0.29) is 5.89 Å². The van der Waals surface area contributed by atoms with Crippen LogP contribution in [0.25, 0.3) is 11.5 Å². The van der Waals surface area contributed by atoms with Gasteiger partial charge in [-0.1, -0.05) is 12.1 Å². The van der Waals surface area contributed by atoms with Crippen LogP contribution in [-0.4, -0.2) is 16.1 Å². The van der Waals surface area contributed by atoms with Crippen LogP contribution in [0, 0.1) is 0 Å². The highest BCUT2D eigenvalue weighted by atomic mass is 79.9. The lowest BCUT2D eigenvalue weighted by Gasteiger charge is -1.97. The van der Waals surface area contributed by atoms with Crippen molar-refractivity contribution in [3.63, 3.8) is 0 Å².